The second-order valence-electron chi connectivity index (χ2n) is 5.34. The van der Waals surface area contributed by atoms with E-state index in [1.54, 1.807) is 31.5 Å². The number of hydrogen-bond donors (Lipinski definition) is 2. The van der Waals surface area contributed by atoms with Gasteiger partial charge in [0.1, 0.15) is 0 Å². The van der Waals surface area contributed by atoms with Crippen LogP contribution >= 0.6 is 23.2 Å². The molecule has 1 amide bonds. The zero-order valence-electron chi connectivity index (χ0n) is 14.0. The van der Waals surface area contributed by atoms with Crippen molar-refractivity contribution in [2.45, 2.75) is 12.8 Å². The van der Waals surface area contributed by atoms with Gasteiger partial charge in [-0.05, 0) is 18.2 Å². The molecule has 0 spiro atoms. The van der Waals surface area contributed by atoms with E-state index in [0.29, 0.717) is 54.2 Å². The lowest BCUT2D eigenvalue weighted by Crippen LogP contribution is -2.33. The Kier molecular flexibility index (Phi) is 8.21. The number of nitrogens with zero attached hydrogens (tertiary/aromatic N) is 1. The first-order valence-electron chi connectivity index (χ1n) is 7.96. The normalized spacial score (nSPS) is 10.8. The topological polar surface area (TPSA) is 76.4 Å². The zero-order chi connectivity index (χ0) is 18.1. The highest BCUT2D eigenvalue weighted by Gasteiger charge is 2.11. The molecule has 6 nitrogen and oxygen atoms in total. The number of halogens is 2. The first kappa shape index (κ1) is 19.7. The molecule has 8 heteroatoms. The Morgan fingerprint density at radius 2 is 2.12 bits per heavy atom. The van der Waals surface area contributed by atoms with Gasteiger partial charge in [-0.15, -0.1) is 0 Å². The fraction of sp³-hybridized carbons (Fsp3) is 0.412. The van der Waals surface area contributed by atoms with E-state index in [2.05, 4.69) is 15.6 Å². The van der Waals surface area contributed by atoms with E-state index in [0.717, 1.165) is 12.1 Å². The van der Waals surface area contributed by atoms with E-state index in [1.165, 1.54) is 0 Å². The van der Waals surface area contributed by atoms with Crippen molar-refractivity contribution >= 4 is 29.1 Å². The minimum Gasteiger partial charge on any atom is -0.441 e. The predicted octanol–water partition coefficient (Wildman–Crippen LogP) is 2.93. The van der Waals surface area contributed by atoms with E-state index < -0.39 is 0 Å². The first-order chi connectivity index (χ1) is 12.1. The minimum atomic E-state index is -0.0437. The van der Waals surface area contributed by atoms with Crippen molar-refractivity contribution in [2.24, 2.45) is 0 Å². The van der Waals surface area contributed by atoms with Crippen LogP contribution in [0.3, 0.4) is 0 Å². The quantitative estimate of drug-likeness (QED) is 0.614. The molecule has 136 valence electrons. The summed E-state index contributed by atoms with van der Waals surface area (Å²) in [5.41, 5.74) is 0.719. The van der Waals surface area contributed by atoms with Crippen molar-refractivity contribution in [1.29, 1.82) is 0 Å². The molecule has 1 aromatic carbocycles. The minimum absolute atomic E-state index is 0.0437. The zero-order valence-corrected chi connectivity index (χ0v) is 15.5. The number of aromatic nitrogens is 1. The summed E-state index contributed by atoms with van der Waals surface area (Å²) in [4.78, 5) is 16.0. The molecule has 0 fully saturated rings. The summed E-state index contributed by atoms with van der Waals surface area (Å²) in [7, 11) is 1.65. The smallest absolute Gasteiger partial charge is 0.220 e. The molecule has 0 aliphatic carbocycles. The molecule has 2 rings (SSSR count). The lowest BCUT2D eigenvalue weighted by molar-refractivity contribution is -0.121. The molecule has 1 heterocycles. The summed E-state index contributed by atoms with van der Waals surface area (Å²) >= 11 is 12.0. The molecular formula is C17H21Cl2N3O3. The summed E-state index contributed by atoms with van der Waals surface area (Å²) in [5.74, 6) is 1.01. The lowest BCUT2D eigenvalue weighted by Gasteiger charge is -2.05. The third-order valence-corrected chi connectivity index (χ3v) is 3.97. The van der Waals surface area contributed by atoms with Gasteiger partial charge >= 0.3 is 0 Å². The van der Waals surface area contributed by atoms with Crippen molar-refractivity contribution < 1.29 is 13.9 Å². The molecule has 0 unspecified atom stereocenters. The van der Waals surface area contributed by atoms with Gasteiger partial charge < -0.3 is 19.8 Å². The Hall–Kier alpha value is -1.60. The summed E-state index contributed by atoms with van der Waals surface area (Å²) in [6.07, 6.45) is 2.34. The van der Waals surface area contributed by atoms with Crippen LogP contribution in [-0.2, 0) is 16.0 Å². The molecule has 25 heavy (non-hydrogen) atoms. The summed E-state index contributed by atoms with van der Waals surface area (Å²) in [6.45, 7) is 2.68. The number of hydrogen-bond acceptors (Lipinski definition) is 5. The number of carbonyl (C=O) groups excluding carboxylic acids is 1. The fourth-order valence-corrected chi connectivity index (χ4v) is 2.64. The second kappa shape index (κ2) is 10.4. The number of amides is 1. The fourth-order valence-electron chi connectivity index (χ4n) is 2.14. The van der Waals surface area contributed by atoms with Crippen LogP contribution in [0.25, 0.3) is 11.3 Å². The van der Waals surface area contributed by atoms with Crippen LogP contribution in [0.15, 0.2) is 28.8 Å². The van der Waals surface area contributed by atoms with Gasteiger partial charge in [0, 0.05) is 50.2 Å². The van der Waals surface area contributed by atoms with Crippen LogP contribution in [0.5, 0.6) is 0 Å². The number of methoxy groups -OCH3 is 1. The standard InChI is InChI=1S/C17H21Cl2N3O3/c1-24-9-8-20-6-7-21-16(23)4-5-17-22-11-15(25-17)13-3-2-12(18)10-14(13)19/h2-3,10-11,20H,4-9H2,1H3,(H,21,23). The highest BCUT2D eigenvalue weighted by atomic mass is 35.5. The molecule has 0 atom stereocenters. The number of benzene rings is 1. The maximum Gasteiger partial charge on any atom is 0.220 e. The number of nitrogens with one attached hydrogen (secondary N) is 2. The first-order valence-corrected chi connectivity index (χ1v) is 8.72. The van der Waals surface area contributed by atoms with Gasteiger partial charge in [0.2, 0.25) is 5.91 Å². The van der Waals surface area contributed by atoms with E-state index in [1.807, 2.05) is 0 Å². The third-order valence-electron chi connectivity index (χ3n) is 3.42. The average molecular weight is 386 g/mol. The maximum atomic E-state index is 11.8. The highest BCUT2D eigenvalue weighted by Crippen LogP contribution is 2.30. The van der Waals surface area contributed by atoms with Gasteiger partial charge in [-0.3, -0.25) is 4.79 Å². The SMILES string of the molecule is COCCNCCNC(=O)CCc1ncc(-c2ccc(Cl)cc2Cl)o1. The van der Waals surface area contributed by atoms with Gasteiger partial charge in [0.25, 0.3) is 0 Å². The van der Waals surface area contributed by atoms with Gasteiger partial charge in [0.15, 0.2) is 11.7 Å². The van der Waals surface area contributed by atoms with E-state index in [4.69, 9.17) is 32.4 Å². The third kappa shape index (κ3) is 6.66. The van der Waals surface area contributed by atoms with Crippen LogP contribution < -0.4 is 10.6 Å². The molecule has 2 aromatic rings. The van der Waals surface area contributed by atoms with Crippen LogP contribution in [0.2, 0.25) is 10.0 Å². The summed E-state index contributed by atoms with van der Waals surface area (Å²) < 4.78 is 10.6. The molecule has 1 aromatic heterocycles. The van der Waals surface area contributed by atoms with Crippen molar-refractivity contribution in [3.8, 4) is 11.3 Å². The van der Waals surface area contributed by atoms with Crippen molar-refractivity contribution in [3.63, 3.8) is 0 Å². The number of aryl methyl sites for hydroxylation is 1. The molecule has 0 aliphatic rings. The molecule has 0 radical (unpaired) electrons. The Bertz CT molecular complexity index is 692. The van der Waals surface area contributed by atoms with E-state index in [9.17, 15) is 4.79 Å². The van der Waals surface area contributed by atoms with Crippen molar-refractivity contribution in [2.75, 3.05) is 33.4 Å². The summed E-state index contributed by atoms with van der Waals surface area (Å²) in [6, 6.07) is 5.16. The summed E-state index contributed by atoms with van der Waals surface area (Å²) in [5, 5.41) is 7.04. The molecule has 2 N–H and O–H groups in total. The number of oxazole rings is 1. The molecular weight excluding hydrogens is 365 g/mol. The number of carbonyl (C=O) groups is 1. The molecule has 0 saturated heterocycles. The van der Waals surface area contributed by atoms with Crippen LogP contribution in [0, 0.1) is 0 Å². The van der Waals surface area contributed by atoms with Crippen LogP contribution in [-0.4, -0.2) is 44.2 Å². The maximum absolute atomic E-state index is 11.8. The largest absolute Gasteiger partial charge is 0.441 e. The highest BCUT2D eigenvalue weighted by molar-refractivity contribution is 6.36. The van der Waals surface area contributed by atoms with Crippen LogP contribution in [0.1, 0.15) is 12.3 Å². The molecule has 0 saturated carbocycles. The van der Waals surface area contributed by atoms with Crippen molar-refractivity contribution in [3.05, 3.63) is 40.3 Å². The van der Waals surface area contributed by atoms with Gasteiger partial charge in [-0.25, -0.2) is 4.98 Å². The van der Waals surface area contributed by atoms with Gasteiger partial charge in [0.05, 0.1) is 17.8 Å². The average Bonchev–Trinajstić information content (AvgIpc) is 3.05. The van der Waals surface area contributed by atoms with Gasteiger partial charge in [-0.2, -0.15) is 0 Å². The lowest BCUT2D eigenvalue weighted by atomic mass is 10.2. The molecule has 0 aliphatic heterocycles. The second-order valence-corrected chi connectivity index (χ2v) is 6.18. The van der Waals surface area contributed by atoms with Gasteiger partial charge in [-0.1, -0.05) is 23.2 Å². The number of rotatable bonds is 10. The van der Waals surface area contributed by atoms with Crippen molar-refractivity contribution in [1.82, 2.24) is 15.6 Å². The van der Waals surface area contributed by atoms with E-state index in [-0.39, 0.29) is 5.91 Å². The monoisotopic (exact) mass is 385 g/mol. The Morgan fingerprint density at radius 1 is 1.28 bits per heavy atom. The Labute approximate surface area is 156 Å². The Morgan fingerprint density at radius 3 is 2.88 bits per heavy atom. The van der Waals surface area contributed by atoms with Crippen LogP contribution in [0.4, 0.5) is 0 Å². The number of ether oxygens (including phenoxy) is 1. The Balaban J connectivity index is 1.75. The predicted molar refractivity (Wildman–Crippen MR) is 98.0 cm³/mol. The molecule has 0 bridgehead atoms. The van der Waals surface area contributed by atoms with E-state index >= 15 is 0 Å².